The molecule has 0 aromatic heterocycles. The van der Waals surface area contributed by atoms with Crippen molar-refractivity contribution in [3.63, 3.8) is 0 Å². The Morgan fingerprint density at radius 1 is 0.872 bits per heavy atom. The standard InChI is InChI=1S/C35H49N7O5/c1-25-21-27(22-26(2)33(25)44)23-31(34(45)39-13-9-28(10-14-39)38-19-17-37(3)18-20-38)47-35(46)40-15-11-30(12-16-40)42-32(43)24-41(36-42)29-7-5-4-6-8-29/h4-8,21-22,28,30-31,36,44H,9-20,23-24H2,1-3H3/t31-/m1/s1. The Hall–Kier alpha value is -3.87. The number of para-hydroxylation sites is 1. The fourth-order valence-corrected chi connectivity index (χ4v) is 7.38. The number of phenolic OH excluding ortho intramolecular Hbond substituents is 1. The molecule has 4 saturated heterocycles. The highest BCUT2D eigenvalue weighted by Crippen LogP contribution is 2.27. The van der Waals surface area contributed by atoms with E-state index in [0.717, 1.165) is 61.4 Å². The molecule has 0 unspecified atom stereocenters. The minimum atomic E-state index is -0.968. The van der Waals surface area contributed by atoms with Crippen LogP contribution in [-0.4, -0.2) is 132 Å². The molecule has 2 aromatic carbocycles. The number of anilines is 1. The number of nitrogens with one attached hydrogen (secondary N) is 1. The average molecular weight is 648 g/mol. The van der Waals surface area contributed by atoms with Gasteiger partial charge in [-0.3, -0.25) is 24.5 Å². The van der Waals surface area contributed by atoms with Crippen LogP contribution in [0.4, 0.5) is 10.5 Å². The van der Waals surface area contributed by atoms with Crippen LogP contribution in [0.5, 0.6) is 5.75 Å². The van der Waals surface area contributed by atoms with Gasteiger partial charge in [0.1, 0.15) is 12.3 Å². The van der Waals surface area contributed by atoms with Gasteiger partial charge in [-0.25, -0.2) is 4.79 Å². The van der Waals surface area contributed by atoms with Gasteiger partial charge >= 0.3 is 6.09 Å². The Morgan fingerprint density at radius 2 is 1.47 bits per heavy atom. The number of rotatable bonds is 7. The molecule has 12 nitrogen and oxygen atoms in total. The van der Waals surface area contributed by atoms with E-state index < -0.39 is 12.2 Å². The summed E-state index contributed by atoms with van der Waals surface area (Å²) in [4.78, 5) is 48.8. The van der Waals surface area contributed by atoms with Gasteiger partial charge in [0, 0.05) is 64.8 Å². The van der Waals surface area contributed by atoms with Gasteiger partial charge in [0.2, 0.25) is 0 Å². The minimum absolute atomic E-state index is 0.00332. The average Bonchev–Trinajstić information content (AvgIpc) is 3.48. The summed E-state index contributed by atoms with van der Waals surface area (Å²) < 4.78 is 6.04. The molecule has 0 saturated carbocycles. The summed E-state index contributed by atoms with van der Waals surface area (Å²) >= 11 is 0. The number of benzene rings is 2. The van der Waals surface area contributed by atoms with E-state index >= 15 is 0 Å². The summed E-state index contributed by atoms with van der Waals surface area (Å²) in [6.45, 7) is 10.3. The van der Waals surface area contributed by atoms with Crippen LogP contribution < -0.4 is 10.5 Å². The number of ether oxygens (including phenoxy) is 1. The third-order valence-corrected chi connectivity index (χ3v) is 10.3. The van der Waals surface area contributed by atoms with Crippen molar-refractivity contribution in [1.82, 2.24) is 30.1 Å². The van der Waals surface area contributed by atoms with E-state index in [0.29, 0.717) is 45.1 Å². The van der Waals surface area contributed by atoms with Gasteiger partial charge in [-0.15, -0.1) is 5.53 Å². The zero-order valence-corrected chi connectivity index (χ0v) is 27.9. The topological polar surface area (TPSA) is 112 Å². The summed E-state index contributed by atoms with van der Waals surface area (Å²) in [5.41, 5.74) is 6.44. The number of carbonyl (C=O) groups is 3. The molecule has 6 rings (SSSR count). The first-order chi connectivity index (χ1) is 22.7. The van der Waals surface area contributed by atoms with E-state index in [1.54, 1.807) is 9.91 Å². The lowest BCUT2D eigenvalue weighted by Crippen LogP contribution is -2.55. The molecule has 4 aliphatic heterocycles. The van der Waals surface area contributed by atoms with Crippen molar-refractivity contribution in [1.29, 1.82) is 0 Å². The molecule has 47 heavy (non-hydrogen) atoms. The third-order valence-electron chi connectivity index (χ3n) is 10.3. The monoisotopic (exact) mass is 647 g/mol. The maximum Gasteiger partial charge on any atom is 0.410 e. The van der Waals surface area contributed by atoms with Gasteiger partial charge in [-0.05, 0) is 75.4 Å². The molecule has 2 aromatic rings. The summed E-state index contributed by atoms with van der Waals surface area (Å²) in [6.07, 6.45) is 1.79. The number of hydrazine groups is 2. The van der Waals surface area contributed by atoms with Gasteiger partial charge in [0.25, 0.3) is 11.8 Å². The summed E-state index contributed by atoms with van der Waals surface area (Å²) in [5.74, 6) is 0.0677. The minimum Gasteiger partial charge on any atom is -0.507 e. The van der Waals surface area contributed by atoms with Crippen molar-refractivity contribution in [3.05, 3.63) is 59.2 Å². The Kier molecular flexibility index (Phi) is 10.2. The number of aryl methyl sites for hydroxylation is 2. The van der Waals surface area contributed by atoms with Gasteiger partial charge in [0.05, 0.1) is 11.7 Å². The summed E-state index contributed by atoms with van der Waals surface area (Å²) in [5, 5.41) is 13.8. The predicted molar refractivity (Wildman–Crippen MR) is 179 cm³/mol. The van der Waals surface area contributed by atoms with E-state index in [1.165, 1.54) is 0 Å². The lowest BCUT2D eigenvalue weighted by Gasteiger charge is -2.42. The van der Waals surface area contributed by atoms with Gasteiger partial charge in [0.15, 0.2) is 6.10 Å². The van der Waals surface area contributed by atoms with E-state index in [9.17, 15) is 19.5 Å². The Labute approximate surface area is 277 Å². The maximum atomic E-state index is 14.0. The molecule has 4 fully saturated rings. The lowest BCUT2D eigenvalue weighted by atomic mass is 9.98. The van der Waals surface area contributed by atoms with E-state index in [-0.39, 0.29) is 36.6 Å². The molecular weight excluding hydrogens is 598 g/mol. The fraction of sp³-hybridized carbons (Fsp3) is 0.571. The number of hydrogen-bond acceptors (Lipinski definition) is 9. The van der Waals surface area contributed by atoms with Crippen LogP contribution in [0.3, 0.4) is 0 Å². The molecule has 1 atom stereocenters. The summed E-state index contributed by atoms with van der Waals surface area (Å²) in [6, 6.07) is 13.9. The number of hydrogen-bond donors (Lipinski definition) is 2. The van der Waals surface area contributed by atoms with Crippen LogP contribution in [-0.2, 0) is 20.7 Å². The summed E-state index contributed by atoms with van der Waals surface area (Å²) in [7, 11) is 2.16. The van der Waals surface area contributed by atoms with Crippen molar-refractivity contribution in [2.75, 3.05) is 71.0 Å². The van der Waals surface area contributed by atoms with Crippen LogP contribution in [0.1, 0.15) is 42.4 Å². The number of nitrogens with zero attached hydrogens (tertiary/aromatic N) is 6. The molecule has 254 valence electrons. The van der Waals surface area contributed by atoms with Crippen molar-refractivity contribution in [2.45, 2.75) is 64.1 Å². The van der Waals surface area contributed by atoms with E-state index in [2.05, 4.69) is 22.4 Å². The molecule has 0 spiro atoms. The quantitative estimate of drug-likeness (QED) is 0.469. The largest absolute Gasteiger partial charge is 0.507 e. The van der Waals surface area contributed by atoms with Crippen molar-refractivity contribution < 1.29 is 24.2 Å². The number of phenols is 1. The first-order valence-electron chi connectivity index (χ1n) is 17.0. The highest BCUT2D eigenvalue weighted by atomic mass is 16.6. The number of piperazine rings is 1. The smallest absolute Gasteiger partial charge is 0.410 e. The van der Waals surface area contributed by atoms with Gasteiger partial charge in [-0.2, -0.15) is 0 Å². The first kappa shape index (κ1) is 33.0. The molecule has 3 amide bonds. The Balaban J connectivity index is 1.07. The highest BCUT2D eigenvalue weighted by molar-refractivity contribution is 5.85. The molecule has 0 aliphatic carbocycles. The highest BCUT2D eigenvalue weighted by Gasteiger charge is 2.38. The molecule has 12 heteroatoms. The van der Waals surface area contributed by atoms with E-state index in [4.69, 9.17) is 4.74 Å². The molecule has 0 bridgehead atoms. The predicted octanol–water partition coefficient (Wildman–Crippen LogP) is 2.53. The SMILES string of the molecule is Cc1cc(C[C@@H](OC(=O)N2CCC(N3NN(c4ccccc4)CC3=O)CC2)C(=O)N2CCC(N3CCN(C)CC3)CC2)cc(C)c1O. The van der Waals surface area contributed by atoms with Crippen molar-refractivity contribution >= 4 is 23.6 Å². The fourth-order valence-electron chi connectivity index (χ4n) is 7.38. The normalized spacial score (nSPS) is 21.4. The first-order valence-corrected chi connectivity index (χ1v) is 17.0. The number of likely N-dealkylation sites (tertiary alicyclic amines) is 2. The van der Waals surface area contributed by atoms with Gasteiger partial charge in [-0.1, -0.05) is 30.3 Å². The second kappa shape index (κ2) is 14.5. The number of amides is 3. The van der Waals surface area contributed by atoms with Crippen LogP contribution in [0, 0.1) is 13.8 Å². The van der Waals surface area contributed by atoms with Crippen LogP contribution in [0.2, 0.25) is 0 Å². The number of likely N-dealkylation sites (N-methyl/N-ethyl adjacent to an activating group) is 1. The van der Waals surface area contributed by atoms with E-state index in [1.807, 2.05) is 66.2 Å². The van der Waals surface area contributed by atoms with Crippen LogP contribution in [0.25, 0.3) is 0 Å². The zero-order valence-electron chi connectivity index (χ0n) is 27.9. The Bertz CT molecular complexity index is 1390. The molecular formula is C35H49N7O5. The number of aromatic hydroxyl groups is 1. The second-order valence-corrected chi connectivity index (χ2v) is 13.6. The van der Waals surface area contributed by atoms with Gasteiger partial charge < -0.3 is 24.5 Å². The Morgan fingerprint density at radius 3 is 2.11 bits per heavy atom. The second-order valence-electron chi connectivity index (χ2n) is 13.6. The van der Waals surface area contributed by atoms with Crippen molar-refractivity contribution in [3.8, 4) is 5.75 Å². The van der Waals surface area contributed by atoms with Crippen LogP contribution in [0.15, 0.2) is 42.5 Å². The molecule has 4 heterocycles. The number of piperidine rings is 2. The van der Waals surface area contributed by atoms with Crippen LogP contribution >= 0.6 is 0 Å². The maximum absolute atomic E-state index is 14.0. The zero-order chi connectivity index (χ0) is 33.1. The third kappa shape index (κ3) is 7.66. The molecule has 2 N–H and O–H groups in total. The number of carbonyl (C=O) groups excluding carboxylic acids is 3. The van der Waals surface area contributed by atoms with Crippen molar-refractivity contribution in [2.24, 2.45) is 0 Å². The molecule has 4 aliphatic rings. The molecule has 0 radical (unpaired) electrons. The lowest BCUT2D eigenvalue weighted by molar-refractivity contribution is -0.143.